The molecule has 0 aromatic carbocycles. The van der Waals surface area contributed by atoms with E-state index in [4.69, 9.17) is 5.73 Å². The predicted molar refractivity (Wildman–Crippen MR) is 102 cm³/mol. The maximum atomic E-state index is 9.68. The first-order valence-electron chi connectivity index (χ1n) is 9.72. The van der Waals surface area contributed by atoms with Gasteiger partial charge in [0.1, 0.15) is 17.5 Å². The largest absolute Gasteiger partial charge is 0.393 e. The molecule has 0 amide bonds. The minimum absolute atomic E-state index is 0.152. The number of likely N-dealkylation sites (tertiary alicyclic amines) is 1. The second-order valence-electron chi connectivity index (χ2n) is 7.60. The van der Waals surface area contributed by atoms with Crippen LogP contribution in [-0.2, 0) is 13.6 Å². The molecule has 4 heterocycles. The van der Waals surface area contributed by atoms with Gasteiger partial charge in [0.25, 0.3) is 0 Å². The lowest BCUT2D eigenvalue weighted by Crippen LogP contribution is -2.37. The molecule has 3 N–H and O–H groups in total. The summed E-state index contributed by atoms with van der Waals surface area (Å²) in [6.45, 7) is 4.44. The molecule has 146 valence electrons. The monoisotopic (exact) mass is 372 g/mol. The molecule has 2 fully saturated rings. The van der Waals surface area contributed by atoms with Crippen molar-refractivity contribution in [3.63, 3.8) is 0 Å². The molecule has 0 aliphatic carbocycles. The van der Waals surface area contributed by atoms with Gasteiger partial charge in [0.2, 0.25) is 5.95 Å². The zero-order valence-corrected chi connectivity index (χ0v) is 15.8. The molecule has 2 aliphatic rings. The molecule has 27 heavy (non-hydrogen) atoms. The van der Waals surface area contributed by atoms with Crippen molar-refractivity contribution in [2.75, 3.05) is 36.8 Å². The van der Waals surface area contributed by atoms with E-state index in [-0.39, 0.29) is 6.10 Å². The van der Waals surface area contributed by atoms with E-state index in [0.717, 1.165) is 75.9 Å². The van der Waals surface area contributed by atoms with Crippen LogP contribution in [0.4, 0.5) is 11.8 Å². The van der Waals surface area contributed by atoms with Crippen LogP contribution in [0.3, 0.4) is 0 Å². The molecule has 0 spiro atoms. The molecular formula is C18H28N8O. The van der Waals surface area contributed by atoms with Gasteiger partial charge in [-0.05, 0) is 31.7 Å². The minimum Gasteiger partial charge on any atom is -0.393 e. The first-order chi connectivity index (χ1) is 13.1. The number of hydrogen-bond donors (Lipinski definition) is 2. The summed E-state index contributed by atoms with van der Waals surface area (Å²) < 4.78 is 2.15. The molecule has 2 aromatic heterocycles. The molecule has 0 saturated carbocycles. The number of nitrogens with two attached hydrogens (primary N) is 1. The van der Waals surface area contributed by atoms with Crippen molar-refractivity contribution in [3.05, 3.63) is 23.9 Å². The summed E-state index contributed by atoms with van der Waals surface area (Å²) in [5.74, 6) is 3.53. The lowest BCUT2D eigenvalue weighted by Gasteiger charge is -2.33. The number of aromatic nitrogens is 5. The summed E-state index contributed by atoms with van der Waals surface area (Å²) in [4.78, 5) is 12.9. The maximum Gasteiger partial charge on any atom is 0.221 e. The Balaban J connectivity index is 1.44. The van der Waals surface area contributed by atoms with Gasteiger partial charge in [-0.2, -0.15) is 4.98 Å². The van der Waals surface area contributed by atoms with Crippen molar-refractivity contribution in [1.82, 2.24) is 29.6 Å². The molecule has 4 rings (SSSR count). The van der Waals surface area contributed by atoms with Gasteiger partial charge >= 0.3 is 0 Å². The molecule has 1 atom stereocenters. The Hall–Kier alpha value is -2.26. The SMILES string of the molecule is Cn1c(CN2CCC(O)CC2)nnc1C1CCCN(c2ccnc(N)n2)C1. The van der Waals surface area contributed by atoms with E-state index in [0.29, 0.717) is 11.9 Å². The summed E-state index contributed by atoms with van der Waals surface area (Å²) in [5, 5.41) is 18.7. The van der Waals surface area contributed by atoms with Crippen LogP contribution in [0.1, 0.15) is 43.3 Å². The Kier molecular flexibility index (Phi) is 5.22. The number of aliphatic hydroxyl groups is 1. The quantitative estimate of drug-likeness (QED) is 0.800. The number of anilines is 2. The van der Waals surface area contributed by atoms with Crippen molar-refractivity contribution in [2.45, 2.75) is 44.2 Å². The second kappa shape index (κ2) is 7.77. The van der Waals surface area contributed by atoms with Crippen molar-refractivity contribution < 1.29 is 5.11 Å². The highest BCUT2D eigenvalue weighted by atomic mass is 16.3. The van der Waals surface area contributed by atoms with Crippen LogP contribution in [0.15, 0.2) is 12.3 Å². The van der Waals surface area contributed by atoms with Crippen LogP contribution in [0.5, 0.6) is 0 Å². The maximum absolute atomic E-state index is 9.68. The Labute approximate surface area is 159 Å². The van der Waals surface area contributed by atoms with Crippen LogP contribution in [0.2, 0.25) is 0 Å². The third kappa shape index (κ3) is 4.03. The lowest BCUT2D eigenvalue weighted by molar-refractivity contribution is 0.0775. The van der Waals surface area contributed by atoms with E-state index in [1.165, 1.54) is 0 Å². The Morgan fingerprint density at radius 3 is 2.78 bits per heavy atom. The number of piperidine rings is 2. The van der Waals surface area contributed by atoms with Crippen molar-refractivity contribution >= 4 is 11.8 Å². The minimum atomic E-state index is -0.152. The Morgan fingerprint density at radius 1 is 1.19 bits per heavy atom. The number of rotatable bonds is 4. The number of hydrogen-bond acceptors (Lipinski definition) is 8. The molecule has 1 unspecified atom stereocenters. The Bertz CT molecular complexity index is 770. The van der Waals surface area contributed by atoms with Crippen molar-refractivity contribution in [3.8, 4) is 0 Å². The summed E-state index contributed by atoms with van der Waals surface area (Å²) in [6, 6.07) is 1.91. The third-order valence-corrected chi connectivity index (χ3v) is 5.69. The topological polar surface area (TPSA) is 109 Å². The van der Waals surface area contributed by atoms with Gasteiger partial charge in [-0.15, -0.1) is 10.2 Å². The smallest absolute Gasteiger partial charge is 0.221 e. The normalized spacial score (nSPS) is 22.3. The summed E-state index contributed by atoms with van der Waals surface area (Å²) in [5.41, 5.74) is 5.74. The van der Waals surface area contributed by atoms with Gasteiger partial charge in [0.15, 0.2) is 0 Å². The summed E-state index contributed by atoms with van der Waals surface area (Å²) in [6.07, 6.45) is 5.41. The third-order valence-electron chi connectivity index (χ3n) is 5.69. The van der Waals surface area contributed by atoms with Crippen molar-refractivity contribution in [2.24, 2.45) is 7.05 Å². The molecule has 2 aromatic rings. The van der Waals surface area contributed by atoms with Gasteiger partial charge in [0.05, 0.1) is 12.6 Å². The van der Waals surface area contributed by atoms with Gasteiger partial charge in [0, 0.05) is 45.3 Å². The zero-order valence-electron chi connectivity index (χ0n) is 15.8. The fourth-order valence-corrected chi connectivity index (χ4v) is 4.08. The van der Waals surface area contributed by atoms with E-state index in [2.05, 4.69) is 41.6 Å². The van der Waals surface area contributed by atoms with Gasteiger partial charge in [-0.1, -0.05) is 0 Å². The van der Waals surface area contributed by atoms with Crippen molar-refractivity contribution in [1.29, 1.82) is 0 Å². The molecule has 2 aliphatic heterocycles. The van der Waals surface area contributed by atoms with Gasteiger partial charge < -0.3 is 20.3 Å². The first-order valence-corrected chi connectivity index (χ1v) is 9.72. The average molecular weight is 372 g/mol. The van der Waals surface area contributed by atoms with E-state index in [1.807, 2.05) is 6.07 Å². The number of aliphatic hydroxyl groups excluding tert-OH is 1. The summed E-state index contributed by atoms with van der Waals surface area (Å²) in [7, 11) is 2.06. The molecule has 0 radical (unpaired) electrons. The standard InChI is InChI=1S/C18H28N8O/c1-24-16(12-25-9-5-14(27)6-10-25)22-23-17(24)13-3-2-8-26(11-13)15-4-7-20-18(19)21-15/h4,7,13-14,27H,2-3,5-6,8-12H2,1H3,(H2,19,20,21). The molecule has 9 nitrogen and oxygen atoms in total. The molecule has 2 saturated heterocycles. The second-order valence-corrected chi connectivity index (χ2v) is 7.60. The van der Waals surface area contributed by atoms with Crippen LogP contribution in [0, 0.1) is 0 Å². The number of nitrogen functional groups attached to an aromatic ring is 1. The average Bonchev–Trinajstić information content (AvgIpc) is 3.04. The van der Waals surface area contributed by atoms with Gasteiger partial charge in [-0.25, -0.2) is 4.98 Å². The van der Waals surface area contributed by atoms with Crippen LogP contribution in [0.25, 0.3) is 0 Å². The van der Waals surface area contributed by atoms with E-state index in [9.17, 15) is 5.11 Å². The zero-order chi connectivity index (χ0) is 18.8. The fraction of sp³-hybridized carbons (Fsp3) is 0.667. The molecular weight excluding hydrogens is 344 g/mol. The summed E-state index contributed by atoms with van der Waals surface area (Å²) >= 11 is 0. The lowest BCUT2D eigenvalue weighted by atomic mass is 9.97. The Morgan fingerprint density at radius 2 is 2.00 bits per heavy atom. The highest BCUT2D eigenvalue weighted by molar-refractivity contribution is 5.42. The molecule has 9 heteroatoms. The van der Waals surface area contributed by atoms with Crippen LogP contribution >= 0.6 is 0 Å². The highest BCUT2D eigenvalue weighted by Gasteiger charge is 2.27. The van der Waals surface area contributed by atoms with Gasteiger partial charge in [-0.3, -0.25) is 4.90 Å². The fourth-order valence-electron chi connectivity index (χ4n) is 4.08. The van der Waals surface area contributed by atoms with E-state index >= 15 is 0 Å². The predicted octanol–water partition coefficient (Wildman–Crippen LogP) is 0.528. The van der Waals surface area contributed by atoms with E-state index in [1.54, 1.807) is 6.20 Å². The number of nitrogens with zero attached hydrogens (tertiary/aromatic N) is 7. The van der Waals surface area contributed by atoms with Crippen LogP contribution in [-0.4, -0.2) is 67.0 Å². The highest BCUT2D eigenvalue weighted by Crippen LogP contribution is 2.28. The van der Waals surface area contributed by atoms with Crippen LogP contribution < -0.4 is 10.6 Å². The first kappa shape index (κ1) is 18.1. The molecule has 0 bridgehead atoms. The van der Waals surface area contributed by atoms with E-state index < -0.39 is 0 Å².